The third kappa shape index (κ3) is 5.31. The van der Waals surface area contributed by atoms with E-state index in [1.165, 1.54) is 6.92 Å². The molecule has 0 bridgehead atoms. The van der Waals surface area contributed by atoms with Crippen molar-refractivity contribution in [3.8, 4) is 12.3 Å². The second-order valence-electron chi connectivity index (χ2n) is 7.74. The monoisotopic (exact) mass is 457 g/mol. The maximum absolute atomic E-state index is 13.4. The van der Waals surface area contributed by atoms with Crippen LogP contribution in [0.15, 0.2) is 54.6 Å². The molecule has 0 spiro atoms. The average molecular weight is 458 g/mol. The number of nitrogens with zero attached hydrogens (tertiary/aromatic N) is 1. The molecule has 1 heterocycles. The first-order valence-electron chi connectivity index (χ1n) is 10.2. The summed E-state index contributed by atoms with van der Waals surface area (Å²) in [5.74, 6) is 2.46. The van der Waals surface area contributed by atoms with Gasteiger partial charge < -0.3 is 4.55 Å². The number of hydrogen-bond donors (Lipinski definition) is 1. The minimum Gasteiger partial charge on any atom is -0.611 e. The highest BCUT2D eigenvalue weighted by Crippen LogP contribution is 2.39. The highest BCUT2D eigenvalue weighted by Gasteiger charge is 2.67. The molecule has 7 heteroatoms. The van der Waals surface area contributed by atoms with Gasteiger partial charge in [-0.25, -0.2) is 4.79 Å². The predicted octanol–water partition coefficient (Wildman–Crippen LogP) is 3.74. The number of carbonyl (C=O) groups excluding carboxylic acids is 2. The van der Waals surface area contributed by atoms with Gasteiger partial charge in [-0.2, -0.15) is 5.43 Å². The number of likely N-dealkylation sites (tertiary alicyclic amines) is 1. The largest absolute Gasteiger partial charge is 0.611 e. The van der Waals surface area contributed by atoms with Gasteiger partial charge in [0, 0.05) is 47.9 Å². The van der Waals surface area contributed by atoms with E-state index in [0.29, 0.717) is 30.0 Å². The molecule has 0 radical (unpaired) electrons. The van der Waals surface area contributed by atoms with Crippen molar-refractivity contribution in [1.29, 1.82) is 0 Å². The topological polar surface area (TPSA) is 69.2 Å². The average Bonchev–Trinajstić information content (AvgIpc) is 2.73. The molecule has 3 rings (SSSR count). The molecule has 0 aromatic heterocycles. The van der Waals surface area contributed by atoms with Gasteiger partial charge in [0.25, 0.3) is 11.3 Å². The van der Waals surface area contributed by atoms with Crippen LogP contribution >= 0.6 is 11.6 Å². The smallest absolute Gasteiger partial charge is 0.353 e. The second kappa shape index (κ2) is 10.3. The normalized spacial score (nSPS) is 22.1. The molecule has 1 aliphatic rings. The third-order valence-electron chi connectivity index (χ3n) is 5.57. The molecule has 4 atom stereocenters. The van der Waals surface area contributed by atoms with Gasteiger partial charge in [0.1, 0.15) is 11.8 Å². The molecule has 4 unspecified atom stereocenters. The number of amides is 2. The number of terminal acetylenes is 1. The van der Waals surface area contributed by atoms with Gasteiger partial charge in [-0.1, -0.05) is 54.1 Å². The highest BCUT2D eigenvalue weighted by molar-refractivity contribution is 7.91. The SMILES string of the molecule is C#CCCC(Cc1cccc(Cl)c1)[N+]1(NC(C)=O)C(=O)CC1[S+]([O-])Cc1ccccc1. The molecular formula is C24H26ClN2O3S+. The van der Waals surface area contributed by atoms with Crippen LogP contribution in [0.1, 0.15) is 37.3 Å². The zero-order valence-corrected chi connectivity index (χ0v) is 19.0. The summed E-state index contributed by atoms with van der Waals surface area (Å²) in [6, 6.07) is 16.6. The van der Waals surface area contributed by atoms with Crippen LogP contribution in [0.5, 0.6) is 0 Å². The summed E-state index contributed by atoms with van der Waals surface area (Å²) >= 11 is 4.79. The molecule has 162 valence electrons. The van der Waals surface area contributed by atoms with Crippen LogP contribution in [0, 0.1) is 12.3 Å². The number of carbonyl (C=O) groups is 2. The molecule has 2 aromatic carbocycles. The van der Waals surface area contributed by atoms with Gasteiger partial charge in [0.05, 0.1) is 0 Å². The van der Waals surface area contributed by atoms with E-state index in [9.17, 15) is 14.1 Å². The van der Waals surface area contributed by atoms with E-state index < -0.39 is 16.5 Å². The summed E-state index contributed by atoms with van der Waals surface area (Å²) in [5, 5.41) is 0.0666. The zero-order valence-electron chi connectivity index (χ0n) is 17.4. The van der Waals surface area contributed by atoms with E-state index in [1.807, 2.05) is 48.5 Å². The van der Waals surface area contributed by atoms with Crippen LogP contribution in [0.25, 0.3) is 0 Å². The molecule has 2 amide bonds. The number of β-lactam (4-membered cyclic amide) rings is 1. The number of benzene rings is 2. The van der Waals surface area contributed by atoms with E-state index in [-0.39, 0.29) is 28.9 Å². The maximum Gasteiger partial charge on any atom is 0.353 e. The molecule has 1 fully saturated rings. The Labute approximate surface area is 191 Å². The van der Waals surface area contributed by atoms with Gasteiger partial charge in [0.2, 0.25) is 0 Å². The van der Waals surface area contributed by atoms with Gasteiger partial charge in [0.15, 0.2) is 6.42 Å². The number of rotatable bonds is 9. The van der Waals surface area contributed by atoms with Crippen LogP contribution in [0.4, 0.5) is 0 Å². The fourth-order valence-corrected chi connectivity index (χ4v) is 6.13. The fourth-order valence-electron chi connectivity index (χ4n) is 4.17. The number of halogens is 1. The first-order valence-corrected chi connectivity index (χ1v) is 11.9. The van der Waals surface area contributed by atoms with E-state index in [0.717, 1.165) is 11.1 Å². The Kier molecular flexibility index (Phi) is 7.79. The van der Waals surface area contributed by atoms with Crippen LogP contribution in [-0.4, -0.2) is 32.4 Å². The minimum atomic E-state index is -1.37. The molecule has 1 aliphatic heterocycles. The predicted molar refractivity (Wildman–Crippen MR) is 123 cm³/mol. The quantitative estimate of drug-likeness (QED) is 0.270. The van der Waals surface area contributed by atoms with Gasteiger partial charge in [-0.3, -0.25) is 4.79 Å². The molecule has 0 aliphatic carbocycles. The summed E-state index contributed by atoms with van der Waals surface area (Å²) in [6.45, 7) is 1.38. The van der Waals surface area contributed by atoms with Crippen LogP contribution < -0.4 is 5.43 Å². The van der Waals surface area contributed by atoms with Crippen LogP contribution in [-0.2, 0) is 32.9 Å². The molecule has 1 saturated heterocycles. The lowest BCUT2D eigenvalue weighted by Gasteiger charge is -2.50. The Morgan fingerprint density at radius 3 is 2.61 bits per heavy atom. The second-order valence-corrected chi connectivity index (χ2v) is 9.77. The van der Waals surface area contributed by atoms with Crippen molar-refractivity contribution in [2.75, 3.05) is 0 Å². The molecule has 1 N–H and O–H groups in total. The van der Waals surface area contributed by atoms with E-state index >= 15 is 0 Å². The van der Waals surface area contributed by atoms with Gasteiger partial charge in [-0.05, 0) is 17.7 Å². The number of hydrogen-bond acceptors (Lipinski definition) is 3. The number of quaternary nitrogens is 1. The van der Waals surface area contributed by atoms with Crippen molar-refractivity contribution in [3.05, 3.63) is 70.7 Å². The summed E-state index contributed by atoms with van der Waals surface area (Å²) in [6.07, 6.45) is 7.10. The fraction of sp³-hybridized carbons (Fsp3) is 0.333. The van der Waals surface area contributed by atoms with Gasteiger partial charge >= 0.3 is 5.91 Å². The van der Waals surface area contributed by atoms with Crippen molar-refractivity contribution in [2.24, 2.45) is 0 Å². The Morgan fingerprint density at radius 2 is 2.00 bits per heavy atom. The lowest BCUT2D eigenvalue weighted by atomic mass is 9.95. The lowest BCUT2D eigenvalue weighted by molar-refractivity contribution is -0.947. The lowest BCUT2D eigenvalue weighted by Crippen LogP contribution is -2.81. The van der Waals surface area contributed by atoms with Crippen LogP contribution in [0.3, 0.4) is 0 Å². The standard InChI is InChI=1S/C24H25ClN2O3S/c1-3-4-13-22(15-20-11-8-12-21(25)14-20)27(26-18(2)28)23(29)16-24(27)31(30)17-19-9-6-5-7-10-19/h1,5-12,14,22,24H,4,13,15-17H2,2H3/p+1. The Morgan fingerprint density at radius 1 is 1.29 bits per heavy atom. The Bertz CT molecular complexity index is 978. The first-order chi connectivity index (χ1) is 14.9. The summed E-state index contributed by atoms with van der Waals surface area (Å²) in [5.41, 5.74) is 4.72. The maximum atomic E-state index is 13.4. The van der Waals surface area contributed by atoms with E-state index in [1.54, 1.807) is 6.07 Å². The molecule has 31 heavy (non-hydrogen) atoms. The first kappa shape index (κ1) is 23.4. The highest BCUT2D eigenvalue weighted by atomic mass is 35.5. The third-order valence-corrected chi connectivity index (χ3v) is 7.53. The van der Waals surface area contributed by atoms with Crippen molar-refractivity contribution < 1.29 is 18.7 Å². The summed E-state index contributed by atoms with van der Waals surface area (Å²) < 4.78 is 13.0. The van der Waals surface area contributed by atoms with Crippen molar-refractivity contribution >= 4 is 34.6 Å². The minimum absolute atomic E-state index is 0.148. The van der Waals surface area contributed by atoms with E-state index in [4.69, 9.17) is 18.0 Å². The number of nitrogens with one attached hydrogen (secondary N) is 1. The summed E-state index contributed by atoms with van der Waals surface area (Å²) in [7, 11) is 0. The molecular weight excluding hydrogens is 432 g/mol. The Hall–Kier alpha value is -2.30. The van der Waals surface area contributed by atoms with E-state index in [2.05, 4.69) is 11.3 Å². The molecule has 0 saturated carbocycles. The zero-order chi connectivity index (χ0) is 22.4. The molecule has 2 aromatic rings. The van der Waals surface area contributed by atoms with Crippen molar-refractivity contribution in [2.45, 2.75) is 49.8 Å². The van der Waals surface area contributed by atoms with Crippen molar-refractivity contribution in [3.63, 3.8) is 0 Å². The Balaban J connectivity index is 1.94. The molecule has 5 nitrogen and oxygen atoms in total. The van der Waals surface area contributed by atoms with Gasteiger partial charge in [-0.15, -0.1) is 16.9 Å². The van der Waals surface area contributed by atoms with Crippen molar-refractivity contribution in [1.82, 2.24) is 5.43 Å². The van der Waals surface area contributed by atoms with Crippen LogP contribution in [0.2, 0.25) is 5.02 Å². The summed E-state index contributed by atoms with van der Waals surface area (Å²) in [4.78, 5) is 25.2.